The lowest BCUT2D eigenvalue weighted by Crippen LogP contribution is -2.45. The van der Waals surface area contributed by atoms with E-state index in [1.807, 2.05) is 6.92 Å². The van der Waals surface area contributed by atoms with Crippen molar-refractivity contribution in [1.82, 2.24) is 20.1 Å². The fraction of sp³-hybridized carbons (Fsp3) is 0.833. The number of hydrogen-bond acceptors (Lipinski definition) is 3. The van der Waals surface area contributed by atoms with Crippen molar-refractivity contribution in [3.8, 4) is 0 Å². The van der Waals surface area contributed by atoms with Crippen LogP contribution in [0.1, 0.15) is 51.2 Å². The predicted octanol–water partition coefficient (Wildman–Crippen LogP) is 1.99. The number of nitrogens with zero attached hydrogens (tertiary/aromatic N) is 3. The summed E-state index contributed by atoms with van der Waals surface area (Å²) >= 11 is 0. The molecule has 90 valence electrons. The topological polar surface area (TPSA) is 42.7 Å². The number of aromatic nitrogens is 3. The molecule has 0 saturated carbocycles. The van der Waals surface area contributed by atoms with Crippen LogP contribution in [-0.4, -0.2) is 21.3 Å². The largest absolute Gasteiger partial charge is 0.314 e. The quantitative estimate of drug-likeness (QED) is 0.850. The highest BCUT2D eigenvalue weighted by atomic mass is 15.3. The van der Waals surface area contributed by atoms with Crippen molar-refractivity contribution >= 4 is 0 Å². The number of rotatable bonds is 3. The Bertz CT molecular complexity index is 350. The van der Waals surface area contributed by atoms with Crippen molar-refractivity contribution in [2.45, 2.75) is 58.5 Å². The summed E-state index contributed by atoms with van der Waals surface area (Å²) in [6.07, 6.45) is 4.84. The summed E-state index contributed by atoms with van der Waals surface area (Å²) in [7, 11) is 0. The maximum absolute atomic E-state index is 4.38. The molecule has 2 heterocycles. The van der Waals surface area contributed by atoms with Crippen LogP contribution >= 0.6 is 0 Å². The van der Waals surface area contributed by atoms with E-state index in [9.17, 15) is 0 Å². The molecule has 2 rings (SSSR count). The van der Waals surface area contributed by atoms with Gasteiger partial charge < -0.3 is 9.88 Å². The monoisotopic (exact) mass is 222 g/mol. The van der Waals surface area contributed by atoms with Crippen LogP contribution in [0.3, 0.4) is 0 Å². The first-order valence-electron chi connectivity index (χ1n) is 6.32. The number of piperidine rings is 1. The van der Waals surface area contributed by atoms with Crippen molar-refractivity contribution < 1.29 is 0 Å². The third-order valence-electron chi connectivity index (χ3n) is 3.50. The Morgan fingerprint density at radius 2 is 2.19 bits per heavy atom. The second-order valence-corrected chi connectivity index (χ2v) is 4.94. The van der Waals surface area contributed by atoms with Gasteiger partial charge in [0.25, 0.3) is 0 Å². The molecule has 1 N–H and O–H groups in total. The molecule has 1 aromatic heterocycles. The first kappa shape index (κ1) is 11.6. The molecule has 0 spiro atoms. The van der Waals surface area contributed by atoms with Gasteiger partial charge in [-0.05, 0) is 46.1 Å². The van der Waals surface area contributed by atoms with Crippen molar-refractivity contribution in [2.24, 2.45) is 0 Å². The Hall–Kier alpha value is -0.900. The zero-order chi connectivity index (χ0) is 11.6. The van der Waals surface area contributed by atoms with Crippen LogP contribution < -0.4 is 5.32 Å². The molecule has 0 aliphatic carbocycles. The smallest absolute Gasteiger partial charge is 0.153 e. The molecule has 0 bridgehead atoms. The molecule has 1 saturated heterocycles. The van der Waals surface area contributed by atoms with E-state index in [-0.39, 0.29) is 5.54 Å². The molecule has 16 heavy (non-hydrogen) atoms. The highest BCUT2D eigenvalue weighted by molar-refractivity contribution is 5.08. The van der Waals surface area contributed by atoms with Gasteiger partial charge in [-0.25, -0.2) is 0 Å². The summed E-state index contributed by atoms with van der Waals surface area (Å²) in [5.41, 5.74) is 0.0225. The van der Waals surface area contributed by atoms with Crippen molar-refractivity contribution in [1.29, 1.82) is 0 Å². The highest BCUT2D eigenvalue weighted by Gasteiger charge is 2.33. The molecule has 1 aliphatic rings. The van der Waals surface area contributed by atoms with Gasteiger partial charge in [0.2, 0.25) is 0 Å². The van der Waals surface area contributed by atoms with Crippen LogP contribution in [0.5, 0.6) is 0 Å². The Morgan fingerprint density at radius 1 is 1.38 bits per heavy atom. The average molecular weight is 222 g/mol. The van der Waals surface area contributed by atoms with Crippen LogP contribution in [0.2, 0.25) is 0 Å². The standard InChI is InChI=1S/C12H22N4/c1-4-9-16-10(2)14-15-11(16)12(3)7-5-6-8-13-12/h13H,4-9H2,1-3H3. The fourth-order valence-corrected chi connectivity index (χ4v) is 2.53. The van der Waals surface area contributed by atoms with Crippen LogP contribution in [-0.2, 0) is 12.1 Å². The van der Waals surface area contributed by atoms with Gasteiger partial charge in [0, 0.05) is 6.54 Å². The normalized spacial score (nSPS) is 25.9. The van der Waals surface area contributed by atoms with Gasteiger partial charge in [0.05, 0.1) is 5.54 Å². The molecule has 0 amide bonds. The second-order valence-electron chi connectivity index (χ2n) is 4.94. The van der Waals surface area contributed by atoms with Gasteiger partial charge in [-0.2, -0.15) is 0 Å². The lowest BCUT2D eigenvalue weighted by molar-refractivity contribution is 0.258. The van der Waals surface area contributed by atoms with E-state index in [4.69, 9.17) is 0 Å². The fourth-order valence-electron chi connectivity index (χ4n) is 2.53. The van der Waals surface area contributed by atoms with Gasteiger partial charge in [0.15, 0.2) is 5.82 Å². The lowest BCUT2D eigenvalue weighted by atomic mass is 9.90. The Morgan fingerprint density at radius 3 is 2.81 bits per heavy atom. The lowest BCUT2D eigenvalue weighted by Gasteiger charge is -2.34. The first-order valence-corrected chi connectivity index (χ1v) is 6.32. The number of hydrogen-bond donors (Lipinski definition) is 1. The Labute approximate surface area is 97.5 Å². The van der Waals surface area contributed by atoms with E-state index in [0.717, 1.165) is 37.6 Å². The minimum absolute atomic E-state index is 0.0225. The summed E-state index contributed by atoms with van der Waals surface area (Å²) in [6, 6.07) is 0. The molecule has 4 heteroatoms. The third kappa shape index (κ3) is 1.98. The molecule has 1 unspecified atom stereocenters. The molecular weight excluding hydrogens is 200 g/mol. The van der Waals surface area contributed by atoms with Crippen LogP contribution in [0.25, 0.3) is 0 Å². The van der Waals surface area contributed by atoms with Gasteiger partial charge in [-0.1, -0.05) is 6.92 Å². The second kappa shape index (κ2) is 4.53. The van der Waals surface area contributed by atoms with Crippen molar-refractivity contribution in [2.75, 3.05) is 6.54 Å². The number of nitrogens with one attached hydrogen (secondary N) is 1. The molecule has 1 aliphatic heterocycles. The van der Waals surface area contributed by atoms with Crippen molar-refractivity contribution in [3.05, 3.63) is 11.6 Å². The molecule has 1 fully saturated rings. The maximum Gasteiger partial charge on any atom is 0.153 e. The van der Waals surface area contributed by atoms with Gasteiger partial charge in [-0.15, -0.1) is 10.2 Å². The molecule has 0 aromatic carbocycles. The molecule has 0 radical (unpaired) electrons. The van der Waals surface area contributed by atoms with E-state index < -0.39 is 0 Å². The van der Waals surface area contributed by atoms with Crippen LogP contribution in [0, 0.1) is 6.92 Å². The highest BCUT2D eigenvalue weighted by Crippen LogP contribution is 2.28. The molecule has 1 atom stereocenters. The zero-order valence-corrected chi connectivity index (χ0v) is 10.6. The average Bonchev–Trinajstić information content (AvgIpc) is 2.63. The van der Waals surface area contributed by atoms with E-state index in [1.165, 1.54) is 12.8 Å². The molecule has 4 nitrogen and oxygen atoms in total. The number of aryl methyl sites for hydroxylation is 1. The molecule has 1 aromatic rings. The van der Waals surface area contributed by atoms with Crippen LogP contribution in [0.4, 0.5) is 0 Å². The molecular formula is C12H22N4. The van der Waals surface area contributed by atoms with Gasteiger partial charge in [-0.3, -0.25) is 0 Å². The van der Waals surface area contributed by atoms with E-state index in [2.05, 4.69) is 33.9 Å². The van der Waals surface area contributed by atoms with E-state index in [1.54, 1.807) is 0 Å². The van der Waals surface area contributed by atoms with Gasteiger partial charge >= 0.3 is 0 Å². The van der Waals surface area contributed by atoms with Crippen LogP contribution in [0.15, 0.2) is 0 Å². The third-order valence-corrected chi connectivity index (χ3v) is 3.50. The predicted molar refractivity (Wildman–Crippen MR) is 64.3 cm³/mol. The van der Waals surface area contributed by atoms with E-state index in [0.29, 0.717) is 0 Å². The minimum Gasteiger partial charge on any atom is -0.314 e. The summed E-state index contributed by atoms with van der Waals surface area (Å²) in [4.78, 5) is 0. The first-order chi connectivity index (χ1) is 7.67. The summed E-state index contributed by atoms with van der Waals surface area (Å²) < 4.78 is 2.26. The summed E-state index contributed by atoms with van der Waals surface area (Å²) in [5.74, 6) is 2.15. The minimum atomic E-state index is 0.0225. The summed E-state index contributed by atoms with van der Waals surface area (Å²) in [5, 5.41) is 12.2. The maximum atomic E-state index is 4.38. The Kier molecular flexibility index (Phi) is 3.28. The summed E-state index contributed by atoms with van der Waals surface area (Å²) in [6.45, 7) is 8.60. The van der Waals surface area contributed by atoms with Crippen molar-refractivity contribution in [3.63, 3.8) is 0 Å². The SMILES string of the molecule is CCCn1c(C)nnc1C1(C)CCCCN1. The Balaban J connectivity index is 2.30. The van der Waals surface area contributed by atoms with E-state index >= 15 is 0 Å². The van der Waals surface area contributed by atoms with Gasteiger partial charge in [0.1, 0.15) is 5.82 Å². The zero-order valence-electron chi connectivity index (χ0n) is 10.6.